The Kier molecular flexibility index (Phi) is 4.78. The van der Waals surface area contributed by atoms with E-state index in [9.17, 15) is 5.11 Å². The highest BCUT2D eigenvalue weighted by Crippen LogP contribution is 2.29. The molecule has 0 aliphatic carbocycles. The SMILES string of the molecule is CN(C)c1ccc(Br)cc1NCc1cc(Cl)ccc1O. The van der Waals surface area contributed by atoms with Gasteiger partial charge in [-0.15, -0.1) is 0 Å². The number of hydrogen-bond donors (Lipinski definition) is 2. The van der Waals surface area contributed by atoms with Crippen molar-refractivity contribution < 1.29 is 5.11 Å². The van der Waals surface area contributed by atoms with Gasteiger partial charge in [0.1, 0.15) is 5.75 Å². The fraction of sp³-hybridized carbons (Fsp3) is 0.200. The third-order valence-corrected chi connectivity index (χ3v) is 3.68. The summed E-state index contributed by atoms with van der Waals surface area (Å²) >= 11 is 9.42. The summed E-state index contributed by atoms with van der Waals surface area (Å²) in [6.45, 7) is 0.504. The van der Waals surface area contributed by atoms with Crippen molar-refractivity contribution in [2.24, 2.45) is 0 Å². The van der Waals surface area contributed by atoms with Crippen molar-refractivity contribution in [3.8, 4) is 5.75 Å². The summed E-state index contributed by atoms with van der Waals surface area (Å²) in [5, 5.41) is 13.8. The Labute approximate surface area is 132 Å². The maximum Gasteiger partial charge on any atom is 0.120 e. The second-order valence-electron chi connectivity index (χ2n) is 4.68. The van der Waals surface area contributed by atoms with Gasteiger partial charge in [-0.3, -0.25) is 0 Å². The second-order valence-corrected chi connectivity index (χ2v) is 6.03. The summed E-state index contributed by atoms with van der Waals surface area (Å²) in [5.74, 6) is 0.239. The smallest absolute Gasteiger partial charge is 0.120 e. The first-order valence-electron chi connectivity index (χ1n) is 6.15. The van der Waals surface area contributed by atoms with Crippen molar-refractivity contribution in [3.63, 3.8) is 0 Å². The summed E-state index contributed by atoms with van der Waals surface area (Å²) in [6.07, 6.45) is 0. The van der Waals surface area contributed by atoms with Crippen molar-refractivity contribution in [2.45, 2.75) is 6.54 Å². The maximum atomic E-state index is 9.83. The molecule has 20 heavy (non-hydrogen) atoms. The van der Waals surface area contributed by atoms with E-state index < -0.39 is 0 Å². The zero-order chi connectivity index (χ0) is 14.7. The van der Waals surface area contributed by atoms with E-state index in [1.807, 2.05) is 37.2 Å². The molecular formula is C15H16BrClN2O. The van der Waals surface area contributed by atoms with Gasteiger partial charge in [-0.05, 0) is 36.4 Å². The van der Waals surface area contributed by atoms with E-state index >= 15 is 0 Å². The first-order valence-corrected chi connectivity index (χ1v) is 7.32. The molecule has 0 heterocycles. The highest BCUT2D eigenvalue weighted by atomic mass is 79.9. The zero-order valence-corrected chi connectivity index (χ0v) is 13.7. The molecule has 0 atom stereocenters. The monoisotopic (exact) mass is 354 g/mol. The average Bonchev–Trinajstić information content (AvgIpc) is 2.39. The largest absolute Gasteiger partial charge is 0.508 e. The van der Waals surface area contributed by atoms with Gasteiger partial charge in [0.25, 0.3) is 0 Å². The molecule has 2 rings (SSSR count). The summed E-state index contributed by atoms with van der Waals surface area (Å²) in [6, 6.07) is 11.1. The van der Waals surface area contributed by atoms with Gasteiger partial charge < -0.3 is 15.3 Å². The molecule has 5 heteroatoms. The van der Waals surface area contributed by atoms with Gasteiger partial charge in [-0.2, -0.15) is 0 Å². The Morgan fingerprint density at radius 3 is 2.65 bits per heavy atom. The molecule has 106 valence electrons. The molecule has 0 bridgehead atoms. The van der Waals surface area contributed by atoms with Gasteiger partial charge in [0.2, 0.25) is 0 Å². The summed E-state index contributed by atoms with van der Waals surface area (Å²) in [7, 11) is 3.98. The van der Waals surface area contributed by atoms with Crippen molar-refractivity contribution in [1.29, 1.82) is 0 Å². The Bertz CT molecular complexity index is 617. The molecule has 0 aromatic heterocycles. The number of nitrogens with one attached hydrogen (secondary N) is 1. The minimum atomic E-state index is 0.239. The van der Waals surface area contributed by atoms with Crippen LogP contribution < -0.4 is 10.2 Å². The molecular weight excluding hydrogens is 340 g/mol. The average molecular weight is 356 g/mol. The van der Waals surface area contributed by atoms with Gasteiger partial charge >= 0.3 is 0 Å². The highest BCUT2D eigenvalue weighted by molar-refractivity contribution is 9.10. The van der Waals surface area contributed by atoms with E-state index in [1.54, 1.807) is 18.2 Å². The van der Waals surface area contributed by atoms with Crippen LogP contribution in [0.15, 0.2) is 40.9 Å². The minimum absolute atomic E-state index is 0.239. The van der Waals surface area contributed by atoms with Gasteiger partial charge in [0.15, 0.2) is 0 Å². The third kappa shape index (κ3) is 3.58. The number of phenols is 1. The van der Waals surface area contributed by atoms with Gasteiger partial charge in [0.05, 0.1) is 11.4 Å². The number of anilines is 2. The number of benzene rings is 2. The van der Waals surface area contributed by atoms with E-state index in [0.29, 0.717) is 11.6 Å². The fourth-order valence-corrected chi connectivity index (χ4v) is 2.48. The minimum Gasteiger partial charge on any atom is -0.508 e. The van der Waals surface area contributed by atoms with Crippen LogP contribution in [-0.2, 0) is 6.54 Å². The van der Waals surface area contributed by atoms with E-state index in [1.165, 1.54) is 0 Å². The maximum absolute atomic E-state index is 9.83. The molecule has 0 saturated heterocycles. The Morgan fingerprint density at radius 1 is 1.20 bits per heavy atom. The standard InChI is InChI=1S/C15H16BrClN2O/c1-19(2)14-5-3-11(16)8-13(14)18-9-10-7-12(17)4-6-15(10)20/h3-8,18,20H,9H2,1-2H3. The van der Waals surface area contributed by atoms with E-state index in [4.69, 9.17) is 11.6 Å². The lowest BCUT2D eigenvalue weighted by molar-refractivity contribution is 0.469. The van der Waals surface area contributed by atoms with Crippen LogP contribution in [0, 0.1) is 0 Å². The van der Waals surface area contributed by atoms with Gasteiger partial charge in [-0.1, -0.05) is 27.5 Å². The van der Waals surface area contributed by atoms with Gasteiger partial charge in [0, 0.05) is 35.7 Å². The molecule has 2 aromatic carbocycles. The number of phenolic OH excluding ortho intramolecular Hbond substituents is 1. The second kappa shape index (κ2) is 6.37. The Hall–Kier alpha value is -1.39. The summed E-state index contributed by atoms with van der Waals surface area (Å²) < 4.78 is 1.00. The molecule has 3 nitrogen and oxygen atoms in total. The highest BCUT2D eigenvalue weighted by Gasteiger charge is 2.07. The molecule has 0 radical (unpaired) electrons. The lowest BCUT2D eigenvalue weighted by Gasteiger charge is -2.19. The molecule has 2 N–H and O–H groups in total. The predicted octanol–water partition coefficient (Wildman–Crippen LogP) is 4.49. The molecule has 0 saturated carbocycles. The summed E-state index contributed by atoms with van der Waals surface area (Å²) in [4.78, 5) is 2.03. The van der Waals surface area contributed by atoms with Crippen LogP contribution in [0.25, 0.3) is 0 Å². The van der Waals surface area contributed by atoms with Crippen molar-refractivity contribution in [3.05, 3.63) is 51.5 Å². The molecule has 0 spiro atoms. The van der Waals surface area contributed by atoms with Crippen LogP contribution in [0.5, 0.6) is 5.75 Å². The number of hydrogen-bond acceptors (Lipinski definition) is 3. The quantitative estimate of drug-likeness (QED) is 0.848. The van der Waals surface area contributed by atoms with Crippen molar-refractivity contribution in [2.75, 3.05) is 24.3 Å². The van der Waals surface area contributed by atoms with Crippen LogP contribution in [0.4, 0.5) is 11.4 Å². The Morgan fingerprint density at radius 2 is 1.95 bits per heavy atom. The van der Waals surface area contributed by atoms with Crippen LogP contribution in [0.3, 0.4) is 0 Å². The number of halogens is 2. The zero-order valence-electron chi connectivity index (χ0n) is 11.3. The van der Waals surface area contributed by atoms with Crippen molar-refractivity contribution in [1.82, 2.24) is 0 Å². The van der Waals surface area contributed by atoms with E-state index in [2.05, 4.69) is 21.2 Å². The lowest BCUT2D eigenvalue weighted by atomic mass is 10.2. The molecule has 0 unspecified atom stereocenters. The fourth-order valence-electron chi connectivity index (χ4n) is 1.93. The van der Waals surface area contributed by atoms with Gasteiger partial charge in [-0.25, -0.2) is 0 Å². The van der Waals surface area contributed by atoms with Crippen molar-refractivity contribution >= 4 is 38.9 Å². The molecule has 0 amide bonds. The normalized spacial score (nSPS) is 10.4. The van der Waals surface area contributed by atoms with E-state index in [-0.39, 0.29) is 5.75 Å². The molecule has 2 aromatic rings. The van der Waals surface area contributed by atoms with E-state index in [0.717, 1.165) is 21.4 Å². The number of rotatable bonds is 4. The number of aromatic hydroxyl groups is 1. The van der Waals surface area contributed by atoms with Crippen LogP contribution in [0.1, 0.15) is 5.56 Å². The number of nitrogens with zero attached hydrogens (tertiary/aromatic N) is 1. The van der Waals surface area contributed by atoms with Crippen LogP contribution in [0.2, 0.25) is 5.02 Å². The topological polar surface area (TPSA) is 35.5 Å². The summed E-state index contributed by atoms with van der Waals surface area (Å²) in [5.41, 5.74) is 2.83. The first kappa shape index (κ1) is 15.0. The van der Waals surface area contributed by atoms with Crippen LogP contribution >= 0.6 is 27.5 Å². The molecule has 0 aliphatic heterocycles. The first-order chi connectivity index (χ1) is 9.47. The lowest BCUT2D eigenvalue weighted by Crippen LogP contribution is -2.12. The molecule has 0 aliphatic rings. The Balaban J connectivity index is 2.22. The predicted molar refractivity (Wildman–Crippen MR) is 88.9 cm³/mol. The third-order valence-electron chi connectivity index (χ3n) is 2.95. The van der Waals surface area contributed by atoms with Crippen LogP contribution in [-0.4, -0.2) is 19.2 Å². The molecule has 0 fully saturated rings.